The molecule has 4 rings (SSSR count). The van der Waals surface area contributed by atoms with Crippen LogP contribution in [-0.4, -0.2) is 34.1 Å². The number of fused-ring (bicyclic) bond motifs is 2. The molecule has 2 heterocycles. The van der Waals surface area contributed by atoms with Crippen molar-refractivity contribution in [2.24, 2.45) is 0 Å². The van der Waals surface area contributed by atoms with Gasteiger partial charge in [0.05, 0.1) is 17.2 Å². The number of para-hydroxylation sites is 2. The molecule has 0 saturated heterocycles. The fourth-order valence-corrected chi connectivity index (χ4v) is 3.43. The fraction of sp³-hybridized carbons (Fsp3) is 0.238. The van der Waals surface area contributed by atoms with E-state index in [-0.39, 0.29) is 18.0 Å². The molecule has 1 aliphatic heterocycles. The molecule has 142 valence electrons. The first-order chi connectivity index (χ1) is 13.5. The van der Waals surface area contributed by atoms with Crippen molar-refractivity contribution in [2.45, 2.75) is 26.0 Å². The summed E-state index contributed by atoms with van der Waals surface area (Å²) < 4.78 is 6.48. The van der Waals surface area contributed by atoms with Crippen LogP contribution in [0.3, 0.4) is 0 Å². The highest BCUT2D eigenvalue weighted by Crippen LogP contribution is 2.28. The van der Waals surface area contributed by atoms with Crippen molar-refractivity contribution in [3.8, 4) is 0 Å². The molecule has 0 spiro atoms. The third kappa shape index (κ3) is 3.26. The lowest BCUT2D eigenvalue weighted by molar-refractivity contribution is -0.154. The Morgan fingerprint density at radius 3 is 2.75 bits per heavy atom. The maximum absolute atomic E-state index is 12.7. The Labute approximate surface area is 161 Å². The van der Waals surface area contributed by atoms with Crippen molar-refractivity contribution >= 4 is 28.5 Å². The van der Waals surface area contributed by atoms with Crippen LogP contribution in [0.1, 0.15) is 12.5 Å². The number of rotatable bonds is 4. The van der Waals surface area contributed by atoms with Gasteiger partial charge < -0.3 is 9.64 Å². The highest BCUT2D eigenvalue weighted by Gasteiger charge is 2.29. The van der Waals surface area contributed by atoms with Crippen molar-refractivity contribution in [1.82, 2.24) is 9.55 Å². The molecule has 1 aliphatic rings. The molecule has 1 amide bonds. The van der Waals surface area contributed by atoms with Gasteiger partial charge in [-0.1, -0.05) is 30.3 Å². The highest BCUT2D eigenvalue weighted by molar-refractivity contribution is 5.99. The number of benzene rings is 2. The molecule has 28 heavy (non-hydrogen) atoms. The van der Waals surface area contributed by atoms with Gasteiger partial charge in [0.1, 0.15) is 6.54 Å². The van der Waals surface area contributed by atoms with Crippen LogP contribution in [0.15, 0.2) is 59.7 Å². The number of anilines is 1. The van der Waals surface area contributed by atoms with E-state index in [1.165, 1.54) is 10.9 Å². The van der Waals surface area contributed by atoms with Crippen molar-refractivity contribution in [3.63, 3.8) is 0 Å². The van der Waals surface area contributed by atoms with E-state index < -0.39 is 12.1 Å². The molecule has 7 nitrogen and oxygen atoms in total. The van der Waals surface area contributed by atoms with Gasteiger partial charge in [0, 0.05) is 12.2 Å². The van der Waals surface area contributed by atoms with Crippen LogP contribution in [0, 0.1) is 0 Å². The molecule has 1 atom stereocenters. The molecule has 0 fully saturated rings. The van der Waals surface area contributed by atoms with Crippen molar-refractivity contribution in [2.75, 3.05) is 11.4 Å². The van der Waals surface area contributed by atoms with E-state index in [2.05, 4.69) is 4.98 Å². The van der Waals surface area contributed by atoms with Gasteiger partial charge in [-0.3, -0.25) is 19.0 Å². The van der Waals surface area contributed by atoms with Gasteiger partial charge in [-0.2, -0.15) is 0 Å². The zero-order valence-electron chi connectivity index (χ0n) is 15.4. The SMILES string of the molecule is C[C@@H](OC(=O)Cn1cnc2ccccc2c1=O)C(=O)N1CCc2ccccc21. The lowest BCUT2D eigenvalue weighted by atomic mass is 10.2. The number of carbonyl (C=O) groups excluding carboxylic acids is 2. The molecule has 0 unspecified atom stereocenters. The third-order valence-electron chi connectivity index (χ3n) is 4.84. The maximum atomic E-state index is 12.7. The smallest absolute Gasteiger partial charge is 0.326 e. The zero-order chi connectivity index (χ0) is 19.7. The quantitative estimate of drug-likeness (QED) is 0.649. The van der Waals surface area contributed by atoms with E-state index >= 15 is 0 Å². The molecular weight excluding hydrogens is 358 g/mol. The standard InChI is InChI=1S/C21H19N3O4/c1-14(20(26)24-11-10-15-6-2-5-9-18(15)24)28-19(25)12-23-13-22-17-8-4-3-7-16(17)21(23)27/h2-9,13-14H,10-12H2,1H3/t14-/m1/s1. The Balaban J connectivity index is 1.45. The van der Waals surface area contributed by atoms with E-state index in [1.54, 1.807) is 36.1 Å². The van der Waals surface area contributed by atoms with Gasteiger partial charge >= 0.3 is 5.97 Å². The average molecular weight is 377 g/mol. The zero-order valence-corrected chi connectivity index (χ0v) is 15.4. The Morgan fingerprint density at radius 2 is 1.89 bits per heavy atom. The van der Waals surface area contributed by atoms with E-state index in [0.717, 1.165) is 17.7 Å². The van der Waals surface area contributed by atoms with Crippen LogP contribution in [0.25, 0.3) is 10.9 Å². The van der Waals surface area contributed by atoms with Crippen molar-refractivity contribution < 1.29 is 14.3 Å². The second kappa shape index (κ2) is 7.26. The maximum Gasteiger partial charge on any atom is 0.326 e. The van der Waals surface area contributed by atoms with Gasteiger partial charge in [0.15, 0.2) is 6.10 Å². The number of nitrogens with zero attached hydrogens (tertiary/aromatic N) is 3. The summed E-state index contributed by atoms with van der Waals surface area (Å²) in [6.07, 6.45) is 1.15. The van der Waals surface area contributed by atoms with Gasteiger partial charge in [0.25, 0.3) is 11.5 Å². The Bertz CT molecular complexity index is 1120. The summed E-state index contributed by atoms with van der Waals surface area (Å²) >= 11 is 0. The summed E-state index contributed by atoms with van der Waals surface area (Å²) in [5, 5.41) is 0.426. The summed E-state index contributed by atoms with van der Waals surface area (Å²) in [6, 6.07) is 14.6. The third-order valence-corrected chi connectivity index (χ3v) is 4.84. The summed E-state index contributed by atoms with van der Waals surface area (Å²) in [4.78, 5) is 43.3. The minimum atomic E-state index is -0.942. The molecule has 2 aromatic carbocycles. The molecular formula is C21H19N3O4. The van der Waals surface area contributed by atoms with E-state index in [1.807, 2.05) is 24.3 Å². The average Bonchev–Trinajstić information content (AvgIpc) is 3.14. The second-order valence-electron chi connectivity index (χ2n) is 6.70. The van der Waals surface area contributed by atoms with Gasteiger partial charge in [0.2, 0.25) is 0 Å². The van der Waals surface area contributed by atoms with E-state index in [0.29, 0.717) is 17.4 Å². The second-order valence-corrected chi connectivity index (χ2v) is 6.70. The van der Waals surface area contributed by atoms with Crippen LogP contribution in [-0.2, 0) is 27.3 Å². The normalized spacial score (nSPS) is 14.0. The number of hydrogen-bond donors (Lipinski definition) is 0. The van der Waals surface area contributed by atoms with Crippen LogP contribution in [0.4, 0.5) is 5.69 Å². The van der Waals surface area contributed by atoms with Gasteiger partial charge in [-0.05, 0) is 37.1 Å². The number of carbonyl (C=O) groups is 2. The first-order valence-electron chi connectivity index (χ1n) is 9.07. The van der Waals surface area contributed by atoms with Crippen LogP contribution in [0.5, 0.6) is 0 Å². The minimum Gasteiger partial charge on any atom is -0.451 e. The highest BCUT2D eigenvalue weighted by atomic mass is 16.5. The molecule has 1 aromatic heterocycles. The molecule has 0 aliphatic carbocycles. The fourth-order valence-electron chi connectivity index (χ4n) is 3.43. The largest absolute Gasteiger partial charge is 0.451 e. The number of hydrogen-bond acceptors (Lipinski definition) is 5. The number of ether oxygens (including phenoxy) is 1. The number of amides is 1. The Kier molecular flexibility index (Phi) is 4.65. The topological polar surface area (TPSA) is 81.5 Å². The van der Waals surface area contributed by atoms with E-state index in [9.17, 15) is 14.4 Å². The molecule has 0 bridgehead atoms. The first kappa shape index (κ1) is 17.9. The molecule has 0 radical (unpaired) electrons. The summed E-state index contributed by atoms with van der Waals surface area (Å²) in [7, 11) is 0. The lowest BCUT2D eigenvalue weighted by Gasteiger charge is -2.21. The van der Waals surface area contributed by atoms with Gasteiger partial charge in [-0.25, -0.2) is 4.98 Å². The first-order valence-corrected chi connectivity index (χ1v) is 9.07. The molecule has 0 N–H and O–H groups in total. The molecule has 7 heteroatoms. The molecule has 0 saturated carbocycles. The monoisotopic (exact) mass is 377 g/mol. The predicted octanol–water partition coefficient (Wildman–Crippen LogP) is 1.92. The lowest BCUT2D eigenvalue weighted by Crippen LogP contribution is -2.40. The number of aromatic nitrogens is 2. The predicted molar refractivity (Wildman–Crippen MR) is 104 cm³/mol. The van der Waals surface area contributed by atoms with Crippen LogP contribution < -0.4 is 10.5 Å². The number of esters is 1. The van der Waals surface area contributed by atoms with Crippen LogP contribution in [0.2, 0.25) is 0 Å². The van der Waals surface area contributed by atoms with E-state index in [4.69, 9.17) is 4.74 Å². The van der Waals surface area contributed by atoms with Gasteiger partial charge in [-0.15, -0.1) is 0 Å². The Hall–Kier alpha value is -3.48. The minimum absolute atomic E-state index is 0.276. The van der Waals surface area contributed by atoms with Crippen molar-refractivity contribution in [3.05, 3.63) is 70.8 Å². The van der Waals surface area contributed by atoms with Crippen molar-refractivity contribution in [1.29, 1.82) is 0 Å². The van der Waals surface area contributed by atoms with Crippen LogP contribution >= 0.6 is 0 Å². The molecule has 3 aromatic rings. The Morgan fingerprint density at radius 1 is 1.14 bits per heavy atom. The summed E-state index contributed by atoms with van der Waals surface area (Å²) in [5.41, 5.74) is 2.19. The summed E-state index contributed by atoms with van der Waals surface area (Å²) in [6.45, 7) is 1.81. The summed E-state index contributed by atoms with van der Waals surface area (Å²) in [5.74, 6) is -0.935.